The summed E-state index contributed by atoms with van der Waals surface area (Å²) >= 11 is 0. The van der Waals surface area contributed by atoms with Crippen LogP contribution >= 0.6 is 0 Å². The van der Waals surface area contributed by atoms with Gasteiger partial charge in [0.1, 0.15) is 0 Å². The van der Waals surface area contributed by atoms with Gasteiger partial charge in [-0.05, 0) is 35.6 Å². The van der Waals surface area contributed by atoms with Crippen molar-refractivity contribution >= 4 is 5.91 Å². The fourth-order valence-electron chi connectivity index (χ4n) is 2.79. The molecule has 5 heteroatoms. The number of benzene rings is 2. The van der Waals surface area contributed by atoms with Gasteiger partial charge in [-0.25, -0.2) is 0 Å². The largest absolute Gasteiger partial charge is 0.493 e. The summed E-state index contributed by atoms with van der Waals surface area (Å²) in [5, 5.41) is 3.00. The predicted molar refractivity (Wildman–Crippen MR) is 102 cm³/mol. The molecule has 0 saturated heterocycles. The zero-order valence-electron chi connectivity index (χ0n) is 15.9. The molecule has 140 valence electrons. The monoisotopic (exact) mass is 357 g/mol. The van der Waals surface area contributed by atoms with Gasteiger partial charge in [-0.15, -0.1) is 0 Å². The van der Waals surface area contributed by atoms with E-state index in [1.54, 1.807) is 21.3 Å². The number of amides is 1. The van der Waals surface area contributed by atoms with Crippen molar-refractivity contribution in [2.45, 2.75) is 25.7 Å². The summed E-state index contributed by atoms with van der Waals surface area (Å²) in [4.78, 5) is 12.2. The highest BCUT2D eigenvalue weighted by molar-refractivity contribution is 5.76. The third-order valence-electron chi connectivity index (χ3n) is 4.34. The first-order valence-electron chi connectivity index (χ1n) is 8.69. The quantitative estimate of drug-likeness (QED) is 0.745. The molecule has 0 spiro atoms. The van der Waals surface area contributed by atoms with Gasteiger partial charge >= 0.3 is 0 Å². The van der Waals surface area contributed by atoms with E-state index >= 15 is 0 Å². The molecule has 0 fully saturated rings. The van der Waals surface area contributed by atoms with Crippen molar-refractivity contribution in [3.8, 4) is 17.2 Å². The van der Waals surface area contributed by atoms with Crippen molar-refractivity contribution in [1.82, 2.24) is 5.32 Å². The Hall–Kier alpha value is -2.69. The topological polar surface area (TPSA) is 56.8 Å². The Bertz CT molecular complexity index is 690. The Labute approximate surface area is 155 Å². The number of hydrogen-bond acceptors (Lipinski definition) is 4. The molecule has 5 nitrogen and oxygen atoms in total. The highest BCUT2D eigenvalue weighted by Crippen LogP contribution is 2.38. The third-order valence-corrected chi connectivity index (χ3v) is 4.34. The van der Waals surface area contributed by atoms with Crippen LogP contribution in [0.25, 0.3) is 0 Å². The molecule has 0 unspecified atom stereocenters. The Morgan fingerprint density at radius 2 is 1.62 bits per heavy atom. The molecule has 2 aromatic rings. The summed E-state index contributed by atoms with van der Waals surface area (Å²) in [5.41, 5.74) is 2.18. The maximum Gasteiger partial charge on any atom is 0.220 e. The van der Waals surface area contributed by atoms with Crippen LogP contribution in [-0.2, 0) is 11.2 Å². The minimum Gasteiger partial charge on any atom is -0.493 e. The van der Waals surface area contributed by atoms with E-state index in [9.17, 15) is 4.79 Å². The smallest absolute Gasteiger partial charge is 0.220 e. The normalized spacial score (nSPS) is 11.5. The van der Waals surface area contributed by atoms with Crippen LogP contribution in [0.15, 0.2) is 42.5 Å². The molecule has 26 heavy (non-hydrogen) atoms. The lowest BCUT2D eigenvalue weighted by Crippen LogP contribution is -2.27. The average molecular weight is 357 g/mol. The van der Waals surface area contributed by atoms with E-state index in [0.717, 1.165) is 5.56 Å². The summed E-state index contributed by atoms with van der Waals surface area (Å²) in [7, 11) is 4.74. The van der Waals surface area contributed by atoms with Crippen LogP contribution in [0.5, 0.6) is 17.2 Å². The van der Waals surface area contributed by atoms with Gasteiger partial charge in [0, 0.05) is 13.0 Å². The molecule has 0 aliphatic rings. The lowest BCUT2D eigenvalue weighted by atomic mass is 10.0. The summed E-state index contributed by atoms with van der Waals surface area (Å²) in [6.07, 6.45) is 1.00. The van der Waals surface area contributed by atoms with Gasteiger partial charge in [0.25, 0.3) is 0 Å². The molecule has 0 aromatic heterocycles. The highest BCUT2D eigenvalue weighted by atomic mass is 16.5. The van der Waals surface area contributed by atoms with E-state index in [1.807, 2.05) is 30.3 Å². The Morgan fingerprint density at radius 3 is 2.15 bits per heavy atom. The molecule has 0 aliphatic carbocycles. The zero-order valence-corrected chi connectivity index (χ0v) is 15.9. The molecule has 0 radical (unpaired) electrons. The van der Waals surface area contributed by atoms with Gasteiger partial charge in [0.2, 0.25) is 11.7 Å². The fraction of sp³-hybridized carbons (Fsp3) is 0.381. The molecule has 1 atom stereocenters. The highest BCUT2D eigenvalue weighted by Gasteiger charge is 2.14. The Morgan fingerprint density at radius 1 is 1.00 bits per heavy atom. The summed E-state index contributed by atoms with van der Waals surface area (Å²) in [5.74, 6) is 2.06. The van der Waals surface area contributed by atoms with E-state index in [0.29, 0.717) is 36.6 Å². The molecule has 2 aromatic carbocycles. The first-order valence-corrected chi connectivity index (χ1v) is 8.69. The standard InChI is InChI=1S/C21H27NO4/c1-15(17-8-6-5-7-9-17)14-22-20(23)11-10-16-12-18(24-2)21(26-4)19(13-16)25-3/h5-9,12-13,15H,10-11,14H2,1-4H3,(H,22,23)/t15-/m1/s1. The van der Waals surface area contributed by atoms with Crippen molar-refractivity contribution in [3.63, 3.8) is 0 Å². The first-order chi connectivity index (χ1) is 12.6. The van der Waals surface area contributed by atoms with Crippen molar-refractivity contribution in [3.05, 3.63) is 53.6 Å². The van der Waals surface area contributed by atoms with E-state index < -0.39 is 0 Å². The average Bonchev–Trinajstić information content (AvgIpc) is 2.69. The maximum atomic E-state index is 12.2. The molecule has 0 heterocycles. The van der Waals surface area contributed by atoms with Gasteiger partial charge in [-0.3, -0.25) is 4.79 Å². The number of methoxy groups -OCH3 is 3. The van der Waals surface area contributed by atoms with Crippen LogP contribution in [0.4, 0.5) is 0 Å². The van der Waals surface area contributed by atoms with Crippen LogP contribution < -0.4 is 19.5 Å². The SMILES string of the molecule is COc1cc(CCC(=O)NC[C@@H](C)c2ccccc2)cc(OC)c1OC. The fourth-order valence-corrected chi connectivity index (χ4v) is 2.79. The number of carbonyl (C=O) groups excluding carboxylic acids is 1. The summed E-state index contributed by atoms with van der Waals surface area (Å²) in [6, 6.07) is 13.9. The number of nitrogens with one attached hydrogen (secondary N) is 1. The number of carbonyl (C=O) groups is 1. The van der Waals surface area contributed by atoms with Gasteiger partial charge in [0.15, 0.2) is 11.5 Å². The van der Waals surface area contributed by atoms with Gasteiger partial charge in [0.05, 0.1) is 21.3 Å². The molecular weight excluding hydrogens is 330 g/mol. The summed E-state index contributed by atoms with van der Waals surface area (Å²) < 4.78 is 16.0. The van der Waals surface area contributed by atoms with E-state index in [-0.39, 0.29) is 11.8 Å². The lowest BCUT2D eigenvalue weighted by Gasteiger charge is -2.15. The van der Waals surface area contributed by atoms with Crippen molar-refractivity contribution in [1.29, 1.82) is 0 Å². The minimum atomic E-state index is 0.0292. The second-order valence-corrected chi connectivity index (χ2v) is 6.15. The zero-order chi connectivity index (χ0) is 18.9. The van der Waals surface area contributed by atoms with Crippen LogP contribution in [0, 0.1) is 0 Å². The van der Waals surface area contributed by atoms with E-state index in [4.69, 9.17) is 14.2 Å². The van der Waals surface area contributed by atoms with Gasteiger partial charge in [-0.1, -0.05) is 37.3 Å². The first kappa shape index (κ1) is 19.6. The van der Waals surface area contributed by atoms with Crippen molar-refractivity contribution < 1.29 is 19.0 Å². The second kappa shape index (κ2) is 9.70. The van der Waals surface area contributed by atoms with Crippen LogP contribution in [0.2, 0.25) is 0 Å². The Kier molecular flexibility index (Phi) is 7.33. The number of aryl methyl sites for hydroxylation is 1. The number of ether oxygens (including phenoxy) is 3. The van der Waals surface area contributed by atoms with Crippen molar-refractivity contribution in [2.24, 2.45) is 0 Å². The molecular formula is C21H27NO4. The number of hydrogen-bond donors (Lipinski definition) is 1. The molecule has 2 rings (SSSR count). The molecule has 1 amide bonds. The minimum absolute atomic E-state index is 0.0292. The maximum absolute atomic E-state index is 12.2. The Balaban J connectivity index is 1.91. The van der Waals surface area contributed by atoms with E-state index in [2.05, 4.69) is 24.4 Å². The van der Waals surface area contributed by atoms with Gasteiger partial charge in [-0.2, -0.15) is 0 Å². The van der Waals surface area contributed by atoms with Gasteiger partial charge < -0.3 is 19.5 Å². The molecule has 1 N–H and O–H groups in total. The molecule has 0 aliphatic heterocycles. The van der Waals surface area contributed by atoms with Crippen LogP contribution in [0.1, 0.15) is 30.4 Å². The van der Waals surface area contributed by atoms with Crippen molar-refractivity contribution in [2.75, 3.05) is 27.9 Å². The number of rotatable bonds is 9. The predicted octanol–water partition coefficient (Wildman–Crippen LogP) is 3.56. The van der Waals surface area contributed by atoms with Crippen LogP contribution in [0.3, 0.4) is 0 Å². The lowest BCUT2D eigenvalue weighted by molar-refractivity contribution is -0.121. The third kappa shape index (κ3) is 5.15. The summed E-state index contributed by atoms with van der Waals surface area (Å²) in [6.45, 7) is 2.73. The van der Waals surface area contributed by atoms with E-state index in [1.165, 1.54) is 5.56 Å². The van der Waals surface area contributed by atoms with Crippen LogP contribution in [-0.4, -0.2) is 33.8 Å². The second-order valence-electron chi connectivity index (χ2n) is 6.15. The molecule has 0 bridgehead atoms. The molecule has 0 saturated carbocycles.